The Morgan fingerprint density at radius 3 is 2.75 bits per heavy atom. The zero-order valence-electron chi connectivity index (χ0n) is 11.3. The maximum atomic E-state index is 11.9. The molecule has 0 aromatic carbocycles. The minimum absolute atomic E-state index is 0.103. The van der Waals surface area contributed by atoms with Crippen molar-refractivity contribution >= 4 is 23.4 Å². The second-order valence-corrected chi connectivity index (χ2v) is 5.21. The first-order valence-electron chi connectivity index (χ1n) is 6.84. The van der Waals surface area contributed by atoms with Crippen molar-refractivity contribution in [2.24, 2.45) is 0 Å². The van der Waals surface area contributed by atoms with E-state index in [2.05, 4.69) is 10.3 Å². The molecule has 0 bridgehead atoms. The van der Waals surface area contributed by atoms with Crippen molar-refractivity contribution in [2.75, 3.05) is 19.6 Å². The lowest BCUT2D eigenvalue weighted by molar-refractivity contribution is -0.131. The maximum absolute atomic E-state index is 11.9. The Labute approximate surface area is 123 Å². The molecular formula is C14H18ClN3O2. The van der Waals surface area contributed by atoms with Crippen LogP contribution >= 0.6 is 11.6 Å². The van der Waals surface area contributed by atoms with Gasteiger partial charge in [-0.15, -0.1) is 0 Å². The molecule has 108 valence electrons. The largest absolute Gasteiger partial charge is 0.351 e. The first-order valence-corrected chi connectivity index (χ1v) is 7.22. The van der Waals surface area contributed by atoms with Crippen LogP contribution in [-0.4, -0.2) is 41.3 Å². The number of aromatic nitrogens is 1. The summed E-state index contributed by atoms with van der Waals surface area (Å²) in [4.78, 5) is 29.5. The van der Waals surface area contributed by atoms with E-state index in [-0.39, 0.29) is 11.8 Å². The highest BCUT2D eigenvalue weighted by molar-refractivity contribution is 6.33. The molecule has 0 radical (unpaired) electrons. The molecule has 0 atom stereocenters. The van der Waals surface area contributed by atoms with Crippen LogP contribution in [0.1, 0.15) is 36.0 Å². The lowest BCUT2D eigenvalue weighted by Crippen LogP contribution is -2.37. The predicted octanol–water partition coefficient (Wildman–Crippen LogP) is 1.87. The number of halogens is 1. The third kappa shape index (κ3) is 3.93. The summed E-state index contributed by atoms with van der Waals surface area (Å²) in [5.41, 5.74) is 0.382. The van der Waals surface area contributed by atoms with Crippen molar-refractivity contribution < 1.29 is 9.59 Å². The number of likely N-dealkylation sites (tertiary alicyclic amines) is 1. The molecular weight excluding hydrogens is 278 g/mol. The standard InChI is InChI=1S/C14H18ClN3O2/c15-12-10-16-6-4-11(12)14(20)17-7-5-13(19)18-8-2-1-3-9-18/h4,6,10H,1-3,5,7-9H2,(H,17,20). The quantitative estimate of drug-likeness (QED) is 0.922. The first kappa shape index (κ1) is 14.8. The Hall–Kier alpha value is -1.62. The van der Waals surface area contributed by atoms with Crippen molar-refractivity contribution in [1.82, 2.24) is 15.2 Å². The first-order chi connectivity index (χ1) is 9.68. The van der Waals surface area contributed by atoms with Gasteiger partial charge in [0.1, 0.15) is 0 Å². The summed E-state index contributed by atoms with van der Waals surface area (Å²) >= 11 is 5.88. The highest BCUT2D eigenvalue weighted by Gasteiger charge is 2.16. The van der Waals surface area contributed by atoms with Crippen molar-refractivity contribution in [3.05, 3.63) is 29.0 Å². The topological polar surface area (TPSA) is 62.3 Å². The molecule has 6 heteroatoms. The van der Waals surface area contributed by atoms with Gasteiger partial charge in [-0.2, -0.15) is 0 Å². The molecule has 1 fully saturated rings. The fraction of sp³-hybridized carbons (Fsp3) is 0.500. The molecule has 0 unspecified atom stereocenters. The summed E-state index contributed by atoms with van der Waals surface area (Å²) in [6.45, 7) is 2.00. The van der Waals surface area contributed by atoms with Crippen LogP contribution in [0.3, 0.4) is 0 Å². The number of carbonyl (C=O) groups excluding carboxylic acids is 2. The molecule has 0 spiro atoms. The van der Waals surface area contributed by atoms with E-state index < -0.39 is 0 Å². The van der Waals surface area contributed by atoms with Crippen molar-refractivity contribution in [2.45, 2.75) is 25.7 Å². The number of hydrogen-bond acceptors (Lipinski definition) is 3. The molecule has 2 heterocycles. The summed E-state index contributed by atoms with van der Waals surface area (Å²) < 4.78 is 0. The molecule has 1 aromatic heterocycles. The van der Waals surface area contributed by atoms with Crippen LogP contribution in [0.5, 0.6) is 0 Å². The van der Waals surface area contributed by atoms with Crippen LogP contribution in [0.15, 0.2) is 18.5 Å². The number of amides is 2. The second kappa shape index (κ2) is 7.24. The molecule has 1 saturated heterocycles. The number of nitrogens with one attached hydrogen (secondary N) is 1. The fourth-order valence-electron chi connectivity index (χ4n) is 2.24. The van der Waals surface area contributed by atoms with E-state index >= 15 is 0 Å². The number of piperidine rings is 1. The smallest absolute Gasteiger partial charge is 0.252 e. The molecule has 1 aromatic rings. The lowest BCUT2D eigenvalue weighted by Gasteiger charge is -2.26. The van der Waals surface area contributed by atoms with Crippen LogP contribution in [0.25, 0.3) is 0 Å². The van der Waals surface area contributed by atoms with Crippen LogP contribution in [0.4, 0.5) is 0 Å². The number of hydrogen-bond donors (Lipinski definition) is 1. The number of nitrogens with zero attached hydrogens (tertiary/aromatic N) is 2. The van der Waals surface area contributed by atoms with Crippen LogP contribution in [0.2, 0.25) is 5.02 Å². The number of pyridine rings is 1. The highest BCUT2D eigenvalue weighted by Crippen LogP contribution is 2.13. The summed E-state index contributed by atoms with van der Waals surface area (Å²) in [5.74, 6) is -0.172. The van der Waals surface area contributed by atoms with Gasteiger partial charge < -0.3 is 10.2 Å². The van der Waals surface area contributed by atoms with Gasteiger partial charge in [0.05, 0.1) is 10.6 Å². The van der Waals surface area contributed by atoms with Gasteiger partial charge in [0.2, 0.25) is 5.91 Å². The van der Waals surface area contributed by atoms with Crippen LogP contribution in [-0.2, 0) is 4.79 Å². The molecule has 20 heavy (non-hydrogen) atoms. The fourth-order valence-corrected chi connectivity index (χ4v) is 2.44. The van der Waals surface area contributed by atoms with Crippen molar-refractivity contribution in [3.8, 4) is 0 Å². The SMILES string of the molecule is O=C(NCCC(=O)N1CCCCC1)c1ccncc1Cl. The Bertz CT molecular complexity index is 487. The zero-order chi connectivity index (χ0) is 14.4. The summed E-state index contributed by atoms with van der Waals surface area (Å²) in [5, 5.41) is 3.02. The van der Waals surface area contributed by atoms with Gasteiger partial charge in [0, 0.05) is 38.4 Å². The predicted molar refractivity (Wildman–Crippen MR) is 76.6 cm³/mol. The molecule has 1 N–H and O–H groups in total. The van der Waals surface area contributed by atoms with E-state index in [0.29, 0.717) is 23.6 Å². The Morgan fingerprint density at radius 2 is 2.05 bits per heavy atom. The van der Waals surface area contributed by atoms with Crippen LogP contribution < -0.4 is 5.32 Å². The third-order valence-corrected chi connectivity index (χ3v) is 3.65. The second-order valence-electron chi connectivity index (χ2n) is 4.80. The minimum Gasteiger partial charge on any atom is -0.351 e. The van der Waals surface area contributed by atoms with Gasteiger partial charge in [-0.3, -0.25) is 14.6 Å². The normalized spacial score (nSPS) is 14.9. The Morgan fingerprint density at radius 1 is 1.30 bits per heavy atom. The van der Waals surface area contributed by atoms with Crippen molar-refractivity contribution in [1.29, 1.82) is 0 Å². The summed E-state index contributed by atoms with van der Waals surface area (Å²) in [7, 11) is 0. The zero-order valence-corrected chi connectivity index (χ0v) is 12.0. The minimum atomic E-state index is -0.274. The Balaban J connectivity index is 1.76. The van der Waals surface area contributed by atoms with Crippen LogP contribution in [0, 0.1) is 0 Å². The van der Waals surface area contributed by atoms with Gasteiger partial charge in [-0.1, -0.05) is 11.6 Å². The Kier molecular flexibility index (Phi) is 5.35. The van der Waals surface area contributed by atoms with Gasteiger partial charge in [0.25, 0.3) is 5.91 Å². The van der Waals surface area contributed by atoms with Gasteiger partial charge >= 0.3 is 0 Å². The van der Waals surface area contributed by atoms with E-state index in [1.165, 1.54) is 18.8 Å². The lowest BCUT2D eigenvalue weighted by atomic mass is 10.1. The van der Waals surface area contributed by atoms with Gasteiger partial charge in [0.15, 0.2) is 0 Å². The van der Waals surface area contributed by atoms with E-state index in [1.54, 1.807) is 6.07 Å². The number of carbonyl (C=O) groups is 2. The average Bonchev–Trinajstić information content (AvgIpc) is 2.48. The van der Waals surface area contributed by atoms with Gasteiger partial charge in [-0.05, 0) is 25.3 Å². The molecule has 1 aliphatic rings. The molecule has 5 nitrogen and oxygen atoms in total. The van der Waals surface area contributed by atoms with Crippen molar-refractivity contribution in [3.63, 3.8) is 0 Å². The number of rotatable bonds is 4. The van der Waals surface area contributed by atoms with E-state index in [9.17, 15) is 9.59 Å². The molecule has 1 aliphatic heterocycles. The monoisotopic (exact) mass is 295 g/mol. The summed E-state index contributed by atoms with van der Waals surface area (Å²) in [6, 6.07) is 1.56. The maximum Gasteiger partial charge on any atom is 0.252 e. The third-order valence-electron chi connectivity index (χ3n) is 3.35. The molecule has 2 amide bonds. The molecule has 0 aliphatic carbocycles. The molecule has 0 saturated carbocycles. The van der Waals surface area contributed by atoms with E-state index in [1.807, 2.05) is 4.90 Å². The summed E-state index contributed by atoms with van der Waals surface area (Å²) in [6.07, 6.45) is 6.61. The van der Waals surface area contributed by atoms with E-state index in [4.69, 9.17) is 11.6 Å². The van der Waals surface area contributed by atoms with Gasteiger partial charge in [-0.25, -0.2) is 0 Å². The molecule has 2 rings (SSSR count). The average molecular weight is 296 g/mol. The highest BCUT2D eigenvalue weighted by atomic mass is 35.5. The van der Waals surface area contributed by atoms with E-state index in [0.717, 1.165) is 25.9 Å².